The van der Waals surface area contributed by atoms with Crippen LogP contribution < -0.4 is 0 Å². The average molecular weight is 498 g/mol. The summed E-state index contributed by atoms with van der Waals surface area (Å²) in [6.07, 6.45) is 4.33. The van der Waals surface area contributed by atoms with Crippen molar-refractivity contribution in [3.8, 4) is 0 Å². The van der Waals surface area contributed by atoms with Gasteiger partial charge in [-0.1, -0.05) is 23.7 Å². The summed E-state index contributed by atoms with van der Waals surface area (Å²) in [6, 6.07) is 4.51. The number of nitrogens with zero attached hydrogens (tertiary/aromatic N) is 3. The zero-order valence-electron chi connectivity index (χ0n) is 18.4. The minimum Gasteiger partial charge on any atom is -0.480 e. The molecule has 9 nitrogen and oxygen atoms in total. The number of carbonyl (C=O) groups excluding carboxylic acids is 2. The van der Waals surface area contributed by atoms with Crippen molar-refractivity contribution in [3.63, 3.8) is 0 Å². The van der Waals surface area contributed by atoms with Gasteiger partial charge in [0.05, 0.1) is 0 Å². The lowest BCUT2D eigenvalue weighted by molar-refractivity contribution is -0.145. The standard InChI is InChI=1S/C22H28ClN3O6S/c1-16(21(29)24-11-3-2-4-12-24)25-13-9-19(22(25)30)26(15-20(27)28)33(31,32)14-10-17-5-7-18(23)8-6-17/h5-8,10,14,16,19H,2-4,9,11-13,15H2,1H3,(H,27,28)/b14-10+/t16-,19+/m0/s1. The first-order chi connectivity index (χ1) is 15.6. The molecule has 180 valence electrons. The van der Waals surface area contributed by atoms with Crippen molar-refractivity contribution >= 4 is 45.5 Å². The topological polar surface area (TPSA) is 115 Å². The number of carboxylic acids is 1. The van der Waals surface area contributed by atoms with Crippen LogP contribution in [-0.2, 0) is 24.4 Å². The molecule has 0 saturated carbocycles. The quantitative estimate of drug-likeness (QED) is 0.587. The van der Waals surface area contributed by atoms with Gasteiger partial charge in [-0.3, -0.25) is 14.4 Å². The molecule has 0 spiro atoms. The molecule has 11 heteroatoms. The van der Waals surface area contributed by atoms with Crippen molar-refractivity contribution in [1.82, 2.24) is 14.1 Å². The van der Waals surface area contributed by atoms with Gasteiger partial charge in [0.2, 0.25) is 21.8 Å². The minimum absolute atomic E-state index is 0.109. The van der Waals surface area contributed by atoms with Gasteiger partial charge in [0.25, 0.3) is 0 Å². The number of likely N-dealkylation sites (tertiary alicyclic amines) is 2. The maximum atomic E-state index is 13.1. The first kappa shape index (κ1) is 25.2. The third-order valence-electron chi connectivity index (χ3n) is 5.97. The number of hydrogen-bond acceptors (Lipinski definition) is 5. The second kappa shape index (κ2) is 10.7. The van der Waals surface area contributed by atoms with E-state index < -0.39 is 40.5 Å². The highest BCUT2D eigenvalue weighted by atomic mass is 35.5. The minimum atomic E-state index is -4.24. The van der Waals surface area contributed by atoms with Crippen LogP contribution in [-0.4, -0.2) is 83.7 Å². The molecule has 2 atom stereocenters. The maximum absolute atomic E-state index is 13.1. The van der Waals surface area contributed by atoms with E-state index in [0.29, 0.717) is 28.0 Å². The Labute approximate surface area is 198 Å². The Morgan fingerprint density at radius 1 is 1.18 bits per heavy atom. The predicted octanol–water partition coefficient (Wildman–Crippen LogP) is 2.03. The molecule has 33 heavy (non-hydrogen) atoms. The van der Waals surface area contributed by atoms with E-state index in [1.807, 2.05) is 0 Å². The number of aliphatic carboxylic acids is 1. The number of carbonyl (C=O) groups is 3. The Balaban J connectivity index is 1.78. The SMILES string of the molecule is C[C@@H](C(=O)N1CCCCC1)N1CC[C@@H](N(CC(=O)O)S(=O)(=O)/C=C/c2ccc(Cl)cc2)C1=O. The van der Waals surface area contributed by atoms with Crippen LogP contribution in [0.5, 0.6) is 0 Å². The second-order valence-corrected chi connectivity index (χ2v) is 10.4. The molecule has 0 radical (unpaired) electrons. The Morgan fingerprint density at radius 3 is 2.42 bits per heavy atom. The van der Waals surface area contributed by atoms with Gasteiger partial charge in [-0.2, -0.15) is 4.31 Å². The Hall–Kier alpha value is -2.43. The summed E-state index contributed by atoms with van der Waals surface area (Å²) in [6.45, 7) is 2.24. The van der Waals surface area contributed by atoms with Crippen molar-refractivity contribution < 1.29 is 27.9 Å². The molecule has 3 rings (SSSR count). The van der Waals surface area contributed by atoms with Crippen molar-refractivity contribution in [1.29, 1.82) is 0 Å². The van der Waals surface area contributed by atoms with Crippen LogP contribution in [0.3, 0.4) is 0 Å². The van der Waals surface area contributed by atoms with Crippen LogP contribution in [0.2, 0.25) is 5.02 Å². The number of rotatable bonds is 8. The summed E-state index contributed by atoms with van der Waals surface area (Å²) in [5, 5.41) is 10.7. The molecule has 1 aromatic carbocycles. The van der Waals surface area contributed by atoms with Crippen LogP contribution in [0.4, 0.5) is 0 Å². The molecule has 2 fully saturated rings. The van der Waals surface area contributed by atoms with E-state index in [9.17, 15) is 27.9 Å². The zero-order valence-corrected chi connectivity index (χ0v) is 20.0. The molecule has 1 aromatic rings. The largest absolute Gasteiger partial charge is 0.480 e. The average Bonchev–Trinajstić information content (AvgIpc) is 3.17. The van der Waals surface area contributed by atoms with Crippen molar-refractivity contribution in [2.45, 2.75) is 44.7 Å². The summed E-state index contributed by atoms with van der Waals surface area (Å²) in [5.74, 6) is -2.10. The molecular weight excluding hydrogens is 470 g/mol. The highest BCUT2D eigenvalue weighted by molar-refractivity contribution is 7.92. The third-order valence-corrected chi connectivity index (χ3v) is 7.74. The van der Waals surface area contributed by atoms with Crippen LogP contribution in [0, 0.1) is 0 Å². The molecule has 0 aromatic heterocycles. The van der Waals surface area contributed by atoms with E-state index in [1.165, 1.54) is 11.0 Å². The molecule has 0 bridgehead atoms. The number of halogens is 1. The van der Waals surface area contributed by atoms with Gasteiger partial charge < -0.3 is 14.9 Å². The molecule has 0 unspecified atom stereocenters. The van der Waals surface area contributed by atoms with Crippen LogP contribution in [0.1, 0.15) is 38.2 Å². The van der Waals surface area contributed by atoms with Crippen LogP contribution in [0.25, 0.3) is 6.08 Å². The normalized spacial score (nSPS) is 20.6. The predicted molar refractivity (Wildman–Crippen MR) is 124 cm³/mol. The van der Waals surface area contributed by atoms with E-state index in [0.717, 1.165) is 24.7 Å². The Morgan fingerprint density at radius 2 is 1.82 bits per heavy atom. The molecule has 2 aliphatic rings. The fourth-order valence-electron chi connectivity index (χ4n) is 4.18. The monoisotopic (exact) mass is 497 g/mol. The Kier molecular flexibility index (Phi) is 8.14. The van der Waals surface area contributed by atoms with Crippen molar-refractivity contribution in [2.75, 3.05) is 26.2 Å². The summed E-state index contributed by atoms with van der Waals surface area (Å²) in [5.41, 5.74) is 0.554. The van der Waals surface area contributed by atoms with Gasteiger partial charge in [0, 0.05) is 30.1 Å². The van der Waals surface area contributed by atoms with E-state index >= 15 is 0 Å². The summed E-state index contributed by atoms with van der Waals surface area (Å²) >= 11 is 5.84. The smallest absolute Gasteiger partial charge is 0.318 e. The molecular formula is C22H28ClN3O6S. The van der Waals surface area contributed by atoms with Gasteiger partial charge in [-0.05, 0) is 56.4 Å². The number of hydrogen-bond donors (Lipinski definition) is 1. The number of piperidine rings is 1. The lowest BCUT2D eigenvalue weighted by Gasteiger charge is -2.33. The molecule has 1 N–H and O–H groups in total. The summed E-state index contributed by atoms with van der Waals surface area (Å²) < 4.78 is 26.7. The van der Waals surface area contributed by atoms with Gasteiger partial charge in [-0.25, -0.2) is 8.42 Å². The van der Waals surface area contributed by atoms with Crippen LogP contribution in [0.15, 0.2) is 29.7 Å². The highest BCUT2D eigenvalue weighted by Gasteiger charge is 2.44. The van der Waals surface area contributed by atoms with E-state index in [2.05, 4.69) is 0 Å². The number of amides is 2. The number of benzene rings is 1. The number of sulfonamides is 1. The fraction of sp³-hybridized carbons (Fsp3) is 0.500. The third kappa shape index (κ3) is 6.13. The summed E-state index contributed by atoms with van der Waals surface area (Å²) in [7, 11) is -4.24. The maximum Gasteiger partial charge on any atom is 0.318 e. The highest BCUT2D eigenvalue weighted by Crippen LogP contribution is 2.25. The lowest BCUT2D eigenvalue weighted by atomic mass is 10.1. The van der Waals surface area contributed by atoms with E-state index in [-0.39, 0.29) is 18.9 Å². The molecule has 2 aliphatic heterocycles. The van der Waals surface area contributed by atoms with Crippen molar-refractivity contribution in [3.05, 3.63) is 40.3 Å². The first-order valence-electron chi connectivity index (χ1n) is 10.9. The zero-order chi connectivity index (χ0) is 24.2. The summed E-state index contributed by atoms with van der Waals surface area (Å²) in [4.78, 5) is 40.5. The molecule has 2 heterocycles. The lowest BCUT2D eigenvalue weighted by Crippen LogP contribution is -2.52. The van der Waals surface area contributed by atoms with E-state index in [4.69, 9.17) is 11.6 Å². The second-order valence-electron chi connectivity index (χ2n) is 8.24. The molecule has 0 aliphatic carbocycles. The van der Waals surface area contributed by atoms with Gasteiger partial charge in [-0.15, -0.1) is 0 Å². The fourth-order valence-corrected chi connectivity index (χ4v) is 5.63. The van der Waals surface area contributed by atoms with Crippen molar-refractivity contribution in [2.24, 2.45) is 0 Å². The van der Waals surface area contributed by atoms with Gasteiger partial charge >= 0.3 is 5.97 Å². The molecule has 2 amide bonds. The number of carboxylic acid groups (broad SMARTS) is 1. The van der Waals surface area contributed by atoms with Gasteiger partial charge in [0.15, 0.2) is 0 Å². The molecule has 2 saturated heterocycles. The first-order valence-corrected chi connectivity index (χ1v) is 12.7. The van der Waals surface area contributed by atoms with E-state index in [1.54, 1.807) is 36.1 Å². The van der Waals surface area contributed by atoms with Crippen LogP contribution >= 0.6 is 11.6 Å². The van der Waals surface area contributed by atoms with Gasteiger partial charge in [0.1, 0.15) is 18.6 Å². The Bertz CT molecular complexity index is 1020.